The number of aliphatic hydroxyl groups excluding tert-OH is 1. The molecule has 5 atom stereocenters. The van der Waals surface area contributed by atoms with Crippen molar-refractivity contribution >= 4 is 11.5 Å². The predicted octanol–water partition coefficient (Wildman–Crippen LogP) is 3.08. The third kappa shape index (κ3) is 3.12. The molecule has 0 aromatic heterocycles. The average molecular weight is 516 g/mol. The van der Waals surface area contributed by atoms with Crippen LogP contribution in [0.15, 0.2) is 76.9 Å². The molecule has 9 heteroatoms. The maximum atomic E-state index is 12.9. The quantitative estimate of drug-likeness (QED) is 0.460. The van der Waals surface area contributed by atoms with Gasteiger partial charge in [0.1, 0.15) is 34.9 Å². The number of nitrogens with two attached hydrogens (primary N) is 1. The molecule has 0 amide bonds. The molecule has 3 aliphatic rings. The smallest absolute Gasteiger partial charge is 0.177 e. The minimum absolute atomic E-state index is 0.284. The van der Waals surface area contributed by atoms with Crippen molar-refractivity contribution in [3.05, 3.63) is 83.4 Å². The van der Waals surface area contributed by atoms with E-state index in [9.17, 15) is 10.2 Å². The summed E-state index contributed by atoms with van der Waals surface area (Å²) < 4.78 is 23.5. The first-order valence-electron chi connectivity index (χ1n) is 12.3. The van der Waals surface area contributed by atoms with Gasteiger partial charge in [-0.15, -0.1) is 5.10 Å². The Kier molecular flexibility index (Phi) is 5.59. The fourth-order valence-corrected chi connectivity index (χ4v) is 6.44. The number of rotatable bonds is 6. The lowest BCUT2D eigenvalue weighted by Gasteiger charge is -2.41. The number of hydrogen-bond donors (Lipinski definition) is 3. The molecule has 38 heavy (non-hydrogen) atoms. The van der Waals surface area contributed by atoms with Gasteiger partial charge in [-0.3, -0.25) is 0 Å². The lowest BCUT2D eigenvalue weighted by Crippen LogP contribution is -2.52. The lowest BCUT2D eigenvalue weighted by molar-refractivity contribution is -0.151. The number of benzene rings is 3. The second-order valence-electron chi connectivity index (χ2n) is 9.75. The predicted molar refractivity (Wildman–Crippen MR) is 141 cm³/mol. The Morgan fingerprint density at radius 2 is 1.63 bits per heavy atom. The molecule has 1 fully saturated rings. The van der Waals surface area contributed by atoms with Crippen LogP contribution in [0.3, 0.4) is 0 Å². The van der Waals surface area contributed by atoms with Crippen LogP contribution in [0.5, 0.6) is 23.0 Å². The van der Waals surface area contributed by atoms with Crippen LogP contribution in [0.25, 0.3) is 0 Å². The van der Waals surface area contributed by atoms with Crippen LogP contribution in [-0.4, -0.2) is 49.2 Å². The highest BCUT2D eigenvalue weighted by molar-refractivity contribution is 6.07. The van der Waals surface area contributed by atoms with E-state index in [0.717, 1.165) is 5.56 Å². The first-order valence-corrected chi connectivity index (χ1v) is 12.3. The maximum absolute atomic E-state index is 12.9. The van der Waals surface area contributed by atoms with Crippen molar-refractivity contribution < 1.29 is 29.2 Å². The Morgan fingerprint density at radius 3 is 2.24 bits per heavy atom. The molecule has 2 heterocycles. The van der Waals surface area contributed by atoms with Crippen LogP contribution in [0.1, 0.15) is 29.0 Å². The monoisotopic (exact) mass is 515 g/mol. The number of hydrogen-bond acceptors (Lipinski definition) is 9. The Hall–Kier alpha value is -4.08. The van der Waals surface area contributed by atoms with Crippen LogP contribution >= 0.6 is 0 Å². The molecular formula is C29H29N3O6. The number of amidine groups is 1. The summed E-state index contributed by atoms with van der Waals surface area (Å²) in [7, 11) is 4.65. The largest absolute Gasteiger partial charge is 0.497 e. The van der Waals surface area contributed by atoms with Crippen LogP contribution in [-0.2, 0) is 11.2 Å². The van der Waals surface area contributed by atoms with Gasteiger partial charge < -0.3 is 34.9 Å². The van der Waals surface area contributed by atoms with Crippen molar-refractivity contribution in [2.75, 3.05) is 21.3 Å². The van der Waals surface area contributed by atoms with E-state index >= 15 is 0 Å². The molecule has 1 saturated carbocycles. The fourth-order valence-electron chi connectivity index (χ4n) is 6.44. The number of methoxy groups -OCH3 is 3. The highest BCUT2D eigenvalue weighted by Crippen LogP contribution is 2.70. The third-order valence-electron chi connectivity index (χ3n) is 8.01. The standard InChI is InChI=1S/C29H29N3O6/c1-35-18-11-9-17(10-12-18)29-25(16-7-5-4-6-8-16)24(20-15-23(30)32-31-20)27(33)28(29,34)26-21(37-3)13-19(36-2)14-22(26)38-29/h4-14,24-25,27,33-34H,15H2,1-3H3,(H2,30,32)/t24-,25-,27-,28+,29+/m1/s1. The van der Waals surface area contributed by atoms with Crippen molar-refractivity contribution in [3.63, 3.8) is 0 Å². The van der Waals surface area contributed by atoms with Crippen molar-refractivity contribution in [2.24, 2.45) is 21.9 Å². The molecule has 0 unspecified atom stereocenters. The molecule has 2 aliphatic heterocycles. The molecule has 6 rings (SSSR count). The van der Waals surface area contributed by atoms with Gasteiger partial charge in [0.05, 0.1) is 32.6 Å². The summed E-state index contributed by atoms with van der Waals surface area (Å²) in [6.07, 6.45) is -1.06. The van der Waals surface area contributed by atoms with Gasteiger partial charge in [-0.2, -0.15) is 5.10 Å². The molecule has 0 radical (unpaired) electrons. The highest BCUT2D eigenvalue weighted by atomic mass is 16.5. The SMILES string of the molecule is COc1ccc([C@@]23Oc4cc(OC)cc(OC)c4[C@]2(O)[C@H](O)[C@H](C2=NN=C(N)C2)[C@H]3c2ccccc2)cc1. The van der Waals surface area contributed by atoms with E-state index < -0.39 is 29.1 Å². The van der Waals surface area contributed by atoms with E-state index in [2.05, 4.69) is 10.2 Å². The lowest BCUT2D eigenvalue weighted by atomic mass is 9.70. The van der Waals surface area contributed by atoms with Gasteiger partial charge in [-0.05, 0) is 23.3 Å². The van der Waals surface area contributed by atoms with E-state index in [1.54, 1.807) is 26.4 Å². The molecule has 196 valence electrons. The molecule has 3 aromatic carbocycles. The van der Waals surface area contributed by atoms with Crippen LogP contribution in [0.4, 0.5) is 0 Å². The second kappa shape index (κ2) is 8.75. The van der Waals surface area contributed by atoms with Crippen LogP contribution in [0, 0.1) is 5.92 Å². The van der Waals surface area contributed by atoms with Gasteiger partial charge in [-0.25, -0.2) is 0 Å². The zero-order chi connectivity index (χ0) is 26.7. The molecule has 0 bridgehead atoms. The summed E-state index contributed by atoms with van der Waals surface area (Å²) in [6.45, 7) is 0. The van der Waals surface area contributed by atoms with Gasteiger partial charge in [0, 0.05) is 30.4 Å². The van der Waals surface area contributed by atoms with E-state index in [-0.39, 0.29) is 6.42 Å². The molecule has 9 nitrogen and oxygen atoms in total. The van der Waals surface area contributed by atoms with Gasteiger partial charge in [0.2, 0.25) is 0 Å². The van der Waals surface area contributed by atoms with Crippen molar-refractivity contribution in [1.82, 2.24) is 0 Å². The Bertz CT molecular complexity index is 1440. The molecule has 0 spiro atoms. The minimum Gasteiger partial charge on any atom is -0.497 e. The summed E-state index contributed by atoms with van der Waals surface area (Å²) in [6, 6.07) is 20.4. The topological polar surface area (TPSA) is 128 Å². The second-order valence-corrected chi connectivity index (χ2v) is 9.75. The number of aliphatic hydroxyl groups is 2. The summed E-state index contributed by atoms with van der Waals surface area (Å²) in [5.41, 5.74) is 5.03. The van der Waals surface area contributed by atoms with Gasteiger partial charge in [0.15, 0.2) is 11.2 Å². The van der Waals surface area contributed by atoms with Gasteiger partial charge in [-0.1, -0.05) is 42.5 Å². The van der Waals surface area contributed by atoms with Gasteiger partial charge >= 0.3 is 0 Å². The van der Waals surface area contributed by atoms with E-state index in [1.165, 1.54) is 7.11 Å². The van der Waals surface area contributed by atoms with E-state index in [0.29, 0.717) is 45.7 Å². The Morgan fingerprint density at radius 1 is 0.921 bits per heavy atom. The molecule has 4 N–H and O–H groups in total. The third-order valence-corrected chi connectivity index (χ3v) is 8.01. The average Bonchev–Trinajstić information content (AvgIpc) is 3.55. The number of ether oxygens (including phenoxy) is 4. The van der Waals surface area contributed by atoms with Crippen LogP contribution < -0.4 is 24.7 Å². The van der Waals surface area contributed by atoms with Gasteiger partial charge in [0.25, 0.3) is 0 Å². The van der Waals surface area contributed by atoms with Crippen LogP contribution in [0.2, 0.25) is 0 Å². The number of nitrogens with zero attached hydrogens (tertiary/aromatic N) is 2. The fraction of sp³-hybridized carbons (Fsp3) is 0.310. The number of fused-ring (bicyclic) bond motifs is 3. The molecule has 0 saturated heterocycles. The molecule has 3 aromatic rings. The summed E-state index contributed by atoms with van der Waals surface area (Å²) in [5.74, 6) is 0.947. The summed E-state index contributed by atoms with van der Waals surface area (Å²) in [4.78, 5) is 0. The Balaban J connectivity index is 1.68. The molecular weight excluding hydrogens is 486 g/mol. The van der Waals surface area contributed by atoms with E-state index in [4.69, 9.17) is 24.7 Å². The summed E-state index contributed by atoms with van der Waals surface area (Å²) in [5, 5.41) is 33.5. The maximum Gasteiger partial charge on any atom is 0.177 e. The highest BCUT2D eigenvalue weighted by Gasteiger charge is 2.77. The zero-order valence-electron chi connectivity index (χ0n) is 21.3. The Labute approximate surface area is 220 Å². The minimum atomic E-state index is -1.94. The van der Waals surface area contributed by atoms with E-state index in [1.807, 2.05) is 54.6 Å². The van der Waals surface area contributed by atoms with Crippen molar-refractivity contribution in [2.45, 2.75) is 29.6 Å². The normalized spacial score (nSPS) is 29.1. The first-order chi connectivity index (χ1) is 18.4. The zero-order valence-corrected chi connectivity index (χ0v) is 21.3. The summed E-state index contributed by atoms with van der Waals surface area (Å²) >= 11 is 0. The van der Waals surface area contributed by atoms with Crippen molar-refractivity contribution in [3.8, 4) is 23.0 Å². The molecule has 1 aliphatic carbocycles. The first kappa shape index (κ1) is 24.3. The van der Waals surface area contributed by atoms with Crippen molar-refractivity contribution in [1.29, 1.82) is 0 Å².